The van der Waals surface area contributed by atoms with Crippen LogP contribution in [0.1, 0.15) is 78.1 Å². The lowest BCUT2D eigenvalue weighted by Gasteiger charge is -2.62. The molecule has 5 heteroatoms. The molecule has 0 heterocycles. The number of rotatable bonds is 3. The molecule has 4 aliphatic carbocycles. The van der Waals surface area contributed by atoms with Gasteiger partial charge in [0.15, 0.2) is 0 Å². The number of nitrogens with two attached hydrogens (primary N) is 1. The highest BCUT2D eigenvalue weighted by Gasteiger charge is 2.67. The smallest absolute Gasteiger partial charge is 0.322 e. The van der Waals surface area contributed by atoms with Crippen LogP contribution in [0.25, 0.3) is 0 Å². The molecule has 0 bridgehead atoms. The number of alkyl halides is 2. The van der Waals surface area contributed by atoms with E-state index in [0.29, 0.717) is 6.42 Å². The van der Waals surface area contributed by atoms with Gasteiger partial charge in [0.2, 0.25) is 0 Å². The average molecular weight is 398 g/mol. The standard InChI is InChI=1S/C23H37F2NO2/c1-21-10-5-4-6-15(21)13-23(24,25)19-16-8-7-14(12-18(26)20(27)28-3)22(16,2)11-9-17(19)21/h14-19H,4-13,26H2,1-3H3. The summed E-state index contributed by atoms with van der Waals surface area (Å²) >= 11 is 0. The monoisotopic (exact) mass is 397 g/mol. The molecule has 3 nitrogen and oxygen atoms in total. The molecule has 8 unspecified atom stereocenters. The van der Waals surface area contributed by atoms with Crippen LogP contribution >= 0.6 is 0 Å². The van der Waals surface area contributed by atoms with Crippen LogP contribution in [0.15, 0.2) is 0 Å². The zero-order chi connectivity index (χ0) is 20.3. The van der Waals surface area contributed by atoms with Crippen LogP contribution < -0.4 is 5.73 Å². The van der Waals surface area contributed by atoms with Crippen molar-refractivity contribution in [1.29, 1.82) is 0 Å². The Labute approximate surface area is 168 Å². The summed E-state index contributed by atoms with van der Waals surface area (Å²) in [5.41, 5.74) is 6.02. The van der Waals surface area contributed by atoms with Crippen molar-refractivity contribution in [2.75, 3.05) is 7.11 Å². The maximum absolute atomic E-state index is 15.6. The Morgan fingerprint density at radius 1 is 1.07 bits per heavy atom. The fraction of sp³-hybridized carbons (Fsp3) is 0.957. The summed E-state index contributed by atoms with van der Waals surface area (Å²) in [4.78, 5) is 11.8. The number of ether oxygens (including phenoxy) is 1. The molecule has 0 saturated heterocycles. The molecule has 2 N–H and O–H groups in total. The number of halogens is 2. The van der Waals surface area contributed by atoms with E-state index >= 15 is 8.78 Å². The minimum absolute atomic E-state index is 0.0517. The predicted octanol–water partition coefficient (Wildman–Crippen LogP) is 5.17. The van der Waals surface area contributed by atoms with Crippen LogP contribution in [-0.4, -0.2) is 25.0 Å². The van der Waals surface area contributed by atoms with Crippen molar-refractivity contribution < 1.29 is 18.3 Å². The lowest BCUT2D eigenvalue weighted by Crippen LogP contribution is -2.60. The predicted molar refractivity (Wildman–Crippen MR) is 105 cm³/mol. The van der Waals surface area contributed by atoms with Gasteiger partial charge in [0.25, 0.3) is 5.92 Å². The van der Waals surface area contributed by atoms with Gasteiger partial charge in [-0.25, -0.2) is 8.78 Å². The van der Waals surface area contributed by atoms with Crippen molar-refractivity contribution in [2.45, 2.75) is 90.0 Å². The first-order valence-corrected chi connectivity index (χ1v) is 11.3. The summed E-state index contributed by atoms with van der Waals surface area (Å²) in [5, 5.41) is 0. The van der Waals surface area contributed by atoms with Gasteiger partial charge in [-0.05, 0) is 79.4 Å². The fourth-order valence-electron chi connectivity index (χ4n) is 8.24. The summed E-state index contributed by atoms with van der Waals surface area (Å²) in [5.74, 6) is -2.82. The number of methoxy groups -OCH3 is 1. The number of carbonyl (C=O) groups excluding carboxylic acids is 1. The molecule has 4 fully saturated rings. The minimum atomic E-state index is -2.56. The van der Waals surface area contributed by atoms with Gasteiger partial charge in [-0.2, -0.15) is 0 Å². The molecular weight excluding hydrogens is 360 g/mol. The maximum Gasteiger partial charge on any atom is 0.322 e. The van der Waals surface area contributed by atoms with Crippen molar-refractivity contribution in [3.63, 3.8) is 0 Å². The minimum Gasteiger partial charge on any atom is -0.468 e. The highest BCUT2D eigenvalue weighted by atomic mass is 19.3. The van der Waals surface area contributed by atoms with Gasteiger partial charge in [0, 0.05) is 12.3 Å². The van der Waals surface area contributed by atoms with Gasteiger partial charge in [0.05, 0.1) is 7.11 Å². The highest BCUT2D eigenvalue weighted by Crippen LogP contribution is 2.70. The lowest BCUT2D eigenvalue weighted by molar-refractivity contribution is -0.232. The van der Waals surface area contributed by atoms with Crippen LogP contribution in [0, 0.1) is 40.4 Å². The molecule has 0 aromatic rings. The first-order valence-electron chi connectivity index (χ1n) is 11.3. The largest absolute Gasteiger partial charge is 0.468 e. The zero-order valence-corrected chi connectivity index (χ0v) is 17.7. The number of fused-ring (bicyclic) bond motifs is 5. The molecule has 4 saturated carbocycles. The van der Waals surface area contributed by atoms with Crippen LogP contribution in [0.4, 0.5) is 8.78 Å². The van der Waals surface area contributed by atoms with Gasteiger partial charge >= 0.3 is 5.97 Å². The second-order valence-corrected chi connectivity index (χ2v) is 10.8. The topological polar surface area (TPSA) is 52.3 Å². The summed E-state index contributed by atoms with van der Waals surface area (Å²) in [7, 11) is 1.36. The van der Waals surface area contributed by atoms with Crippen LogP contribution in [0.2, 0.25) is 0 Å². The Balaban J connectivity index is 1.61. The van der Waals surface area contributed by atoms with Gasteiger partial charge in [-0.3, -0.25) is 4.79 Å². The second kappa shape index (κ2) is 6.92. The summed E-state index contributed by atoms with van der Waals surface area (Å²) in [6, 6.07) is -0.643. The second-order valence-electron chi connectivity index (χ2n) is 10.8. The van der Waals surface area contributed by atoms with E-state index in [0.717, 1.165) is 44.9 Å². The molecule has 0 amide bonds. The first-order chi connectivity index (χ1) is 13.1. The maximum atomic E-state index is 15.6. The summed E-state index contributed by atoms with van der Waals surface area (Å²) < 4.78 is 35.9. The third-order valence-electron chi connectivity index (χ3n) is 9.81. The molecule has 4 aliphatic rings. The number of hydrogen-bond acceptors (Lipinski definition) is 3. The van der Waals surface area contributed by atoms with E-state index in [1.165, 1.54) is 13.5 Å². The fourth-order valence-corrected chi connectivity index (χ4v) is 8.24. The molecule has 0 aromatic carbocycles. The molecule has 8 atom stereocenters. The number of hydrogen-bond donors (Lipinski definition) is 1. The van der Waals surface area contributed by atoms with Gasteiger partial charge in [-0.15, -0.1) is 0 Å². The third-order valence-corrected chi connectivity index (χ3v) is 9.81. The van der Waals surface area contributed by atoms with Gasteiger partial charge in [-0.1, -0.05) is 26.7 Å². The molecule has 0 spiro atoms. The van der Waals surface area contributed by atoms with Crippen molar-refractivity contribution >= 4 is 5.97 Å². The third kappa shape index (κ3) is 2.94. The Morgan fingerprint density at radius 2 is 1.79 bits per heavy atom. The SMILES string of the molecule is COC(=O)C(N)CC1CCC2C3C(CCC12C)C1(C)CCCCC1CC3(F)F. The Hall–Kier alpha value is -0.710. The zero-order valence-electron chi connectivity index (χ0n) is 17.7. The summed E-state index contributed by atoms with van der Waals surface area (Å²) in [6.45, 7) is 4.53. The van der Waals surface area contributed by atoms with Gasteiger partial charge < -0.3 is 10.5 Å². The molecule has 0 radical (unpaired) electrons. The van der Waals surface area contributed by atoms with E-state index in [1.807, 2.05) is 0 Å². The lowest BCUT2D eigenvalue weighted by atomic mass is 9.44. The van der Waals surface area contributed by atoms with Crippen molar-refractivity contribution in [3.8, 4) is 0 Å². The van der Waals surface area contributed by atoms with Crippen molar-refractivity contribution in [1.82, 2.24) is 0 Å². The molecule has 0 aromatic heterocycles. The van der Waals surface area contributed by atoms with Crippen LogP contribution in [0.3, 0.4) is 0 Å². The first kappa shape index (κ1) is 20.6. The van der Waals surface area contributed by atoms with E-state index in [-0.39, 0.29) is 46.9 Å². The van der Waals surface area contributed by atoms with Gasteiger partial charge in [0.1, 0.15) is 6.04 Å². The van der Waals surface area contributed by atoms with E-state index in [4.69, 9.17) is 10.5 Å². The van der Waals surface area contributed by atoms with Crippen molar-refractivity contribution in [2.24, 2.45) is 46.2 Å². The Bertz CT molecular complexity index is 626. The molecule has 28 heavy (non-hydrogen) atoms. The van der Waals surface area contributed by atoms with E-state index < -0.39 is 17.9 Å². The van der Waals surface area contributed by atoms with E-state index in [2.05, 4.69) is 13.8 Å². The number of carbonyl (C=O) groups is 1. The van der Waals surface area contributed by atoms with Crippen LogP contribution in [0.5, 0.6) is 0 Å². The molecule has 0 aliphatic heterocycles. The molecule has 160 valence electrons. The number of esters is 1. The Kier molecular flexibility index (Phi) is 5.08. The molecular formula is C23H37F2NO2. The highest BCUT2D eigenvalue weighted by molar-refractivity contribution is 5.75. The molecule has 4 rings (SSSR count). The van der Waals surface area contributed by atoms with Crippen LogP contribution in [-0.2, 0) is 9.53 Å². The Morgan fingerprint density at radius 3 is 2.50 bits per heavy atom. The van der Waals surface area contributed by atoms with E-state index in [1.54, 1.807) is 0 Å². The van der Waals surface area contributed by atoms with E-state index in [9.17, 15) is 4.79 Å². The normalized spacial score (nSPS) is 48.1. The average Bonchev–Trinajstić information content (AvgIpc) is 2.97. The van der Waals surface area contributed by atoms with Crippen molar-refractivity contribution in [3.05, 3.63) is 0 Å². The summed E-state index contributed by atoms with van der Waals surface area (Å²) in [6.07, 6.45) is 8.72. The quantitative estimate of drug-likeness (QED) is 0.668.